The molecule has 0 aliphatic heterocycles. The third-order valence-electron chi connectivity index (χ3n) is 6.77. The van der Waals surface area contributed by atoms with E-state index in [4.69, 9.17) is 5.73 Å². The molecule has 10 heteroatoms. The maximum absolute atomic E-state index is 15.3. The third-order valence-corrected chi connectivity index (χ3v) is 6.77. The number of pyridine rings is 1. The van der Waals surface area contributed by atoms with Crippen molar-refractivity contribution < 1.29 is 18.4 Å². The van der Waals surface area contributed by atoms with Crippen LogP contribution in [0.15, 0.2) is 61.1 Å². The summed E-state index contributed by atoms with van der Waals surface area (Å²) < 4.78 is 30.2. The molecule has 0 atom stereocenters. The molecule has 1 saturated carbocycles. The van der Waals surface area contributed by atoms with Gasteiger partial charge in [-0.05, 0) is 54.2 Å². The van der Waals surface area contributed by atoms with Gasteiger partial charge in [0.05, 0.1) is 27.7 Å². The lowest BCUT2D eigenvalue weighted by Gasteiger charge is -2.12. The molecule has 0 radical (unpaired) electrons. The van der Waals surface area contributed by atoms with E-state index in [0.29, 0.717) is 51.4 Å². The smallest absolute Gasteiger partial charge is 0.283 e. The van der Waals surface area contributed by atoms with Crippen molar-refractivity contribution >= 4 is 34.2 Å². The van der Waals surface area contributed by atoms with Gasteiger partial charge in [0, 0.05) is 31.0 Å². The molecule has 0 bridgehead atoms. The minimum atomic E-state index is -1.12. The molecular weight excluding hydrogens is 502 g/mol. The third kappa shape index (κ3) is 4.82. The maximum Gasteiger partial charge on any atom is 0.283 e. The molecule has 4 N–H and O–H groups in total. The number of nitriles is 1. The fourth-order valence-electron chi connectivity index (χ4n) is 4.63. The number of fused-ring (bicyclic) bond motifs is 1. The van der Waals surface area contributed by atoms with E-state index in [0.717, 1.165) is 12.8 Å². The number of nitrogens with zero attached hydrogens (tertiary/aromatic N) is 3. The van der Waals surface area contributed by atoms with Crippen LogP contribution >= 0.6 is 0 Å². The number of rotatable bonds is 7. The van der Waals surface area contributed by atoms with Crippen LogP contribution in [0.2, 0.25) is 0 Å². The van der Waals surface area contributed by atoms with Crippen LogP contribution in [0, 0.1) is 23.1 Å². The number of benzene rings is 2. The molecule has 1 fully saturated rings. The standard InChI is InChI=1S/C29H24F2N6O2/c1-15(30)28(38)36-20-8-5-17(6-9-20)25-23(24-26(37(25)2)19(12-32)14-34-27(24)33)18-7-10-21(22(31)11-18)29(39)35-13-16-3-4-16/h5-11,14,16H,1,3-4,13H2,2H3,(H2,33,34)(H,35,39)(H,36,38). The van der Waals surface area contributed by atoms with Gasteiger partial charge in [0.25, 0.3) is 11.8 Å². The highest BCUT2D eigenvalue weighted by Gasteiger charge is 2.26. The van der Waals surface area contributed by atoms with E-state index in [9.17, 15) is 19.2 Å². The zero-order valence-corrected chi connectivity index (χ0v) is 21.0. The molecule has 1 aliphatic carbocycles. The van der Waals surface area contributed by atoms with Crippen LogP contribution < -0.4 is 16.4 Å². The lowest BCUT2D eigenvalue weighted by Crippen LogP contribution is -2.26. The average Bonchev–Trinajstić information content (AvgIpc) is 3.70. The van der Waals surface area contributed by atoms with Crippen LogP contribution in [0.3, 0.4) is 0 Å². The predicted molar refractivity (Wildman–Crippen MR) is 145 cm³/mol. The Bertz CT molecular complexity index is 1700. The number of halogens is 2. The first-order chi connectivity index (χ1) is 18.7. The van der Waals surface area contributed by atoms with E-state index in [-0.39, 0.29) is 16.9 Å². The molecule has 5 rings (SSSR count). The molecule has 4 aromatic rings. The first kappa shape index (κ1) is 25.6. The van der Waals surface area contributed by atoms with E-state index >= 15 is 4.39 Å². The number of amides is 2. The Hall–Kier alpha value is -5.04. The Labute approximate surface area is 222 Å². The van der Waals surface area contributed by atoms with Gasteiger partial charge >= 0.3 is 0 Å². The van der Waals surface area contributed by atoms with Gasteiger partial charge in [-0.3, -0.25) is 9.59 Å². The Morgan fingerprint density at radius 2 is 1.90 bits per heavy atom. The molecule has 2 heterocycles. The topological polar surface area (TPSA) is 126 Å². The summed E-state index contributed by atoms with van der Waals surface area (Å²) in [6, 6.07) is 13.0. The monoisotopic (exact) mass is 526 g/mol. The molecule has 2 aromatic heterocycles. The second-order valence-corrected chi connectivity index (χ2v) is 9.46. The Morgan fingerprint density at radius 3 is 2.51 bits per heavy atom. The van der Waals surface area contributed by atoms with Gasteiger partial charge in [-0.2, -0.15) is 5.26 Å². The minimum absolute atomic E-state index is 0.0699. The summed E-state index contributed by atoms with van der Waals surface area (Å²) in [5.74, 6) is -2.65. The molecule has 196 valence electrons. The molecule has 0 spiro atoms. The first-order valence-electron chi connectivity index (χ1n) is 12.2. The van der Waals surface area contributed by atoms with Crippen molar-refractivity contribution in [1.29, 1.82) is 5.26 Å². The van der Waals surface area contributed by atoms with Gasteiger partial charge in [0.2, 0.25) is 0 Å². The molecule has 2 aromatic carbocycles. The summed E-state index contributed by atoms with van der Waals surface area (Å²) in [6.45, 7) is 3.50. The molecule has 39 heavy (non-hydrogen) atoms. The highest BCUT2D eigenvalue weighted by atomic mass is 19.1. The minimum Gasteiger partial charge on any atom is -0.383 e. The fourth-order valence-corrected chi connectivity index (χ4v) is 4.63. The molecule has 0 unspecified atom stereocenters. The second-order valence-electron chi connectivity index (χ2n) is 9.46. The Kier molecular flexibility index (Phi) is 6.58. The van der Waals surface area contributed by atoms with Gasteiger partial charge in [0.15, 0.2) is 5.83 Å². The van der Waals surface area contributed by atoms with Crippen molar-refractivity contribution in [3.05, 3.63) is 78.0 Å². The molecular formula is C29H24F2N6O2. The van der Waals surface area contributed by atoms with E-state index in [1.54, 1.807) is 41.9 Å². The van der Waals surface area contributed by atoms with Crippen molar-refractivity contribution in [2.45, 2.75) is 12.8 Å². The number of nitrogens with one attached hydrogen (secondary N) is 2. The number of aryl methyl sites for hydroxylation is 1. The quantitative estimate of drug-likeness (QED) is 0.290. The van der Waals surface area contributed by atoms with Crippen molar-refractivity contribution in [3.8, 4) is 28.5 Å². The summed E-state index contributed by atoms with van der Waals surface area (Å²) >= 11 is 0. The maximum atomic E-state index is 15.3. The number of hydrogen-bond donors (Lipinski definition) is 3. The molecule has 2 amide bonds. The van der Waals surface area contributed by atoms with Crippen LogP contribution in [0.25, 0.3) is 33.3 Å². The van der Waals surface area contributed by atoms with Crippen molar-refractivity contribution in [2.24, 2.45) is 13.0 Å². The lowest BCUT2D eigenvalue weighted by atomic mass is 9.96. The van der Waals surface area contributed by atoms with Crippen LogP contribution in [0.5, 0.6) is 0 Å². The number of hydrogen-bond acceptors (Lipinski definition) is 5. The largest absolute Gasteiger partial charge is 0.383 e. The number of carbonyl (C=O) groups excluding carboxylic acids is 2. The van der Waals surface area contributed by atoms with E-state index < -0.39 is 23.5 Å². The number of carbonyl (C=O) groups is 2. The zero-order chi connectivity index (χ0) is 27.8. The number of nitrogen functional groups attached to an aromatic ring is 1. The fraction of sp³-hybridized carbons (Fsp3) is 0.172. The van der Waals surface area contributed by atoms with Crippen molar-refractivity contribution in [1.82, 2.24) is 14.9 Å². The molecule has 8 nitrogen and oxygen atoms in total. The highest BCUT2D eigenvalue weighted by Crippen LogP contribution is 2.43. The summed E-state index contributed by atoms with van der Waals surface area (Å²) in [6.07, 6.45) is 3.50. The second kappa shape index (κ2) is 10.0. The predicted octanol–water partition coefficient (Wildman–Crippen LogP) is 5.06. The van der Waals surface area contributed by atoms with E-state index in [1.807, 2.05) is 0 Å². The summed E-state index contributed by atoms with van der Waals surface area (Å²) in [5, 5.41) is 15.4. The van der Waals surface area contributed by atoms with Crippen molar-refractivity contribution in [3.63, 3.8) is 0 Å². The van der Waals surface area contributed by atoms with Crippen molar-refractivity contribution in [2.75, 3.05) is 17.6 Å². The van der Waals surface area contributed by atoms with Gasteiger partial charge in [-0.15, -0.1) is 0 Å². The first-order valence-corrected chi connectivity index (χ1v) is 12.2. The summed E-state index contributed by atoms with van der Waals surface area (Å²) in [4.78, 5) is 28.4. The lowest BCUT2D eigenvalue weighted by molar-refractivity contribution is -0.114. The average molecular weight is 527 g/mol. The van der Waals surface area contributed by atoms with Gasteiger partial charge in [-0.25, -0.2) is 13.8 Å². The van der Waals surface area contributed by atoms with Crippen LogP contribution in [-0.4, -0.2) is 27.9 Å². The zero-order valence-electron chi connectivity index (χ0n) is 21.0. The Morgan fingerprint density at radius 1 is 1.21 bits per heavy atom. The summed E-state index contributed by atoms with van der Waals surface area (Å²) in [5.41, 5.74) is 9.54. The molecule has 1 aliphatic rings. The van der Waals surface area contributed by atoms with E-state index in [1.165, 1.54) is 18.3 Å². The van der Waals surface area contributed by atoms with Crippen LogP contribution in [-0.2, 0) is 11.8 Å². The van der Waals surface area contributed by atoms with E-state index in [2.05, 4.69) is 28.3 Å². The van der Waals surface area contributed by atoms with Gasteiger partial charge < -0.3 is 20.9 Å². The molecule has 0 saturated heterocycles. The number of aromatic nitrogens is 2. The SMILES string of the molecule is C=C(F)C(=O)Nc1ccc(-c2c(-c3ccc(C(=O)NCC4CC4)c(F)c3)c3c(N)ncc(C#N)c3n2C)cc1. The number of anilines is 2. The normalized spacial score (nSPS) is 12.7. The number of nitrogens with two attached hydrogens (primary N) is 1. The van der Waals surface area contributed by atoms with Crippen LogP contribution in [0.4, 0.5) is 20.3 Å². The van der Waals surface area contributed by atoms with Gasteiger partial charge in [0.1, 0.15) is 17.7 Å². The van der Waals surface area contributed by atoms with Gasteiger partial charge in [-0.1, -0.05) is 24.8 Å². The summed E-state index contributed by atoms with van der Waals surface area (Å²) in [7, 11) is 1.75. The Balaban J connectivity index is 1.65. The van der Waals surface area contributed by atoms with Crippen LogP contribution in [0.1, 0.15) is 28.8 Å². The highest BCUT2D eigenvalue weighted by molar-refractivity contribution is 6.11.